The first-order valence-corrected chi connectivity index (χ1v) is 11.3. The van der Waals surface area contributed by atoms with E-state index in [1.54, 1.807) is 4.90 Å². The molecule has 5 atom stereocenters. The summed E-state index contributed by atoms with van der Waals surface area (Å²) in [5.41, 5.74) is 5.72. The number of fused-ring (bicyclic) bond motifs is 2. The third-order valence-electron chi connectivity index (χ3n) is 7.68. The second-order valence-corrected chi connectivity index (χ2v) is 9.64. The fourth-order valence-corrected chi connectivity index (χ4v) is 5.81. The molecular formula is C24H25F2N3O4. The second-order valence-electron chi connectivity index (χ2n) is 9.64. The highest BCUT2D eigenvalue weighted by Crippen LogP contribution is 2.51. The quantitative estimate of drug-likeness (QED) is 0.670. The van der Waals surface area contributed by atoms with Crippen molar-refractivity contribution in [2.45, 2.75) is 43.3 Å². The number of carboxylic acids is 1. The lowest BCUT2D eigenvalue weighted by molar-refractivity contribution is -0.132. The van der Waals surface area contributed by atoms with E-state index in [-0.39, 0.29) is 40.6 Å². The molecule has 174 valence electrons. The molecular weight excluding hydrogens is 432 g/mol. The van der Waals surface area contributed by atoms with Gasteiger partial charge in [-0.15, -0.1) is 0 Å². The molecule has 2 heterocycles. The van der Waals surface area contributed by atoms with E-state index >= 15 is 4.39 Å². The van der Waals surface area contributed by atoms with Crippen molar-refractivity contribution < 1.29 is 28.2 Å². The summed E-state index contributed by atoms with van der Waals surface area (Å²) in [6, 6.07) is 3.11. The molecule has 2 saturated heterocycles. The number of benzene rings is 1. The predicted octanol–water partition coefficient (Wildman–Crippen LogP) is 2.68. The lowest BCUT2D eigenvalue weighted by Crippen LogP contribution is -2.52. The van der Waals surface area contributed by atoms with Gasteiger partial charge in [0.25, 0.3) is 0 Å². The van der Waals surface area contributed by atoms with E-state index in [0.717, 1.165) is 6.07 Å². The molecule has 3 fully saturated rings. The summed E-state index contributed by atoms with van der Waals surface area (Å²) in [5.74, 6) is -3.91. The number of carbonyl (C=O) groups is 2. The summed E-state index contributed by atoms with van der Waals surface area (Å²) in [6.07, 6.45) is 1.81. The molecule has 1 aromatic carbocycles. The van der Waals surface area contributed by atoms with Gasteiger partial charge in [-0.1, -0.05) is 6.08 Å². The first-order chi connectivity index (χ1) is 15.7. The molecule has 1 aromatic rings. The molecule has 0 bridgehead atoms. The predicted molar refractivity (Wildman–Crippen MR) is 114 cm³/mol. The fraction of sp³-hybridized carbons (Fsp3) is 0.542. The van der Waals surface area contributed by atoms with E-state index in [4.69, 9.17) is 10.5 Å². The molecule has 1 unspecified atom stereocenters. The van der Waals surface area contributed by atoms with Crippen LogP contribution in [-0.4, -0.2) is 54.9 Å². The van der Waals surface area contributed by atoms with Crippen molar-refractivity contribution in [1.82, 2.24) is 0 Å². The van der Waals surface area contributed by atoms with E-state index < -0.39 is 40.8 Å². The number of aliphatic carboxylic acids is 1. The SMILES string of the molecule is N#Cc1c2c(cc(F)c1N1C[C@@H]3COCC[C@@]3(N)C1)C(=O)/C(C(=O)O)=C\CC[C@@H]2C1C[C@@H]1F. The Balaban J connectivity index is 1.67. The molecule has 7 nitrogen and oxygen atoms in total. The van der Waals surface area contributed by atoms with Gasteiger partial charge in [0.2, 0.25) is 0 Å². The number of ketones is 1. The van der Waals surface area contributed by atoms with Gasteiger partial charge in [-0.3, -0.25) is 4.79 Å². The second kappa shape index (κ2) is 7.89. The van der Waals surface area contributed by atoms with Crippen molar-refractivity contribution in [3.05, 3.63) is 40.2 Å². The lowest BCUT2D eigenvalue weighted by atomic mass is 9.79. The number of hydrogen-bond donors (Lipinski definition) is 2. The summed E-state index contributed by atoms with van der Waals surface area (Å²) in [6.45, 7) is 1.69. The number of nitriles is 1. The number of halogens is 2. The Bertz CT molecular complexity index is 1110. The Hall–Kier alpha value is -2.83. The topological polar surface area (TPSA) is 117 Å². The molecule has 0 spiro atoms. The number of nitrogens with zero attached hydrogens (tertiary/aromatic N) is 2. The molecule has 0 radical (unpaired) electrons. The Morgan fingerprint density at radius 2 is 2.18 bits per heavy atom. The molecule has 4 aliphatic rings. The van der Waals surface area contributed by atoms with Crippen LogP contribution in [-0.2, 0) is 9.53 Å². The van der Waals surface area contributed by atoms with Gasteiger partial charge in [0.15, 0.2) is 5.78 Å². The average Bonchev–Trinajstić information content (AvgIpc) is 3.37. The number of nitrogens with two attached hydrogens (primary N) is 1. The van der Waals surface area contributed by atoms with Crippen molar-refractivity contribution in [3.63, 3.8) is 0 Å². The zero-order valence-electron chi connectivity index (χ0n) is 18.0. The van der Waals surface area contributed by atoms with E-state index in [2.05, 4.69) is 6.07 Å². The minimum atomic E-state index is -1.41. The van der Waals surface area contributed by atoms with Crippen molar-refractivity contribution in [3.8, 4) is 6.07 Å². The van der Waals surface area contributed by atoms with E-state index in [1.165, 1.54) is 6.08 Å². The third kappa shape index (κ3) is 3.52. The van der Waals surface area contributed by atoms with Crippen LogP contribution >= 0.6 is 0 Å². The first kappa shape index (κ1) is 22.0. The minimum Gasteiger partial charge on any atom is -0.478 e. The minimum absolute atomic E-state index is 0.0164. The standard InChI is InChI=1S/C24H25F2N3O4/c25-18-6-15(18)13-2-1-3-14(23(31)32)22(30)16-7-19(26)21(17(8-27)20(13)16)29-9-12-10-33-5-4-24(12,28)11-29/h3,7,12-13,15,18H,1-2,4-6,9-11,28H2,(H,31,32)/b14-3+/t12-,13-,15?,18+,24-/m1/s1. The maximum Gasteiger partial charge on any atom is 0.339 e. The van der Waals surface area contributed by atoms with Gasteiger partial charge in [0.05, 0.1) is 17.9 Å². The smallest absolute Gasteiger partial charge is 0.339 e. The molecule has 2 aliphatic heterocycles. The maximum absolute atomic E-state index is 15.6. The molecule has 5 rings (SSSR count). The van der Waals surface area contributed by atoms with Crippen LogP contribution in [0.5, 0.6) is 0 Å². The number of carbonyl (C=O) groups excluding carboxylic acids is 1. The molecule has 1 saturated carbocycles. The van der Waals surface area contributed by atoms with Crippen LogP contribution in [0.2, 0.25) is 0 Å². The largest absolute Gasteiger partial charge is 0.478 e. The molecule has 2 aliphatic carbocycles. The molecule has 9 heteroatoms. The van der Waals surface area contributed by atoms with Gasteiger partial charge in [-0.05, 0) is 49.1 Å². The Labute approximate surface area is 189 Å². The third-order valence-corrected chi connectivity index (χ3v) is 7.68. The summed E-state index contributed by atoms with van der Waals surface area (Å²) in [5, 5.41) is 19.7. The summed E-state index contributed by atoms with van der Waals surface area (Å²) in [7, 11) is 0. The van der Waals surface area contributed by atoms with Crippen LogP contribution in [0.1, 0.15) is 53.1 Å². The fourth-order valence-electron chi connectivity index (χ4n) is 5.81. The highest BCUT2D eigenvalue weighted by molar-refractivity contribution is 6.24. The van der Waals surface area contributed by atoms with Gasteiger partial charge in [-0.2, -0.15) is 5.26 Å². The summed E-state index contributed by atoms with van der Waals surface area (Å²) in [4.78, 5) is 26.6. The molecule has 3 N–H and O–H groups in total. The average molecular weight is 457 g/mol. The van der Waals surface area contributed by atoms with Crippen LogP contribution in [0.3, 0.4) is 0 Å². The Morgan fingerprint density at radius 1 is 1.42 bits per heavy atom. The van der Waals surface area contributed by atoms with Crippen LogP contribution in [0.15, 0.2) is 17.7 Å². The van der Waals surface area contributed by atoms with E-state index in [1.807, 2.05) is 0 Å². The summed E-state index contributed by atoms with van der Waals surface area (Å²) < 4.78 is 35.3. The normalized spacial score (nSPS) is 34.9. The Morgan fingerprint density at radius 3 is 2.82 bits per heavy atom. The number of carboxylic acid groups (broad SMARTS) is 1. The van der Waals surface area contributed by atoms with E-state index in [0.29, 0.717) is 45.6 Å². The van der Waals surface area contributed by atoms with Gasteiger partial charge >= 0.3 is 5.97 Å². The van der Waals surface area contributed by atoms with Gasteiger partial charge in [0, 0.05) is 36.7 Å². The van der Waals surface area contributed by atoms with Crippen LogP contribution in [0.25, 0.3) is 0 Å². The van der Waals surface area contributed by atoms with Crippen molar-refractivity contribution in [1.29, 1.82) is 5.26 Å². The highest BCUT2D eigenvalue weighted by Gasteiger charge is 2.49. The Kier molecular flexibility index (Phi) is 5.26. The van der Waals surface area contributed by atoms with Gasteiger partial charge in [0.1, 0.15) is 23.6 Å². The van der Waals surface area contributed by atoms with Gasteiger partial charge < -0.3 is 20.5 Å². The number of hydrogen-bond acceptors (Lipinski definition) is 6. The molecule has 0 aromatic heterocycles. The molecule has 0 amide bonds. The number of allylic oxidation sites excluding steroid dienone is 1. The van der Waals surface area contributed by atoms with Crippen molar-refractivity contribution in [2.75, 3.05) is 31.2 Å². The number of alkyl halides is 1. The highest BCUT2D eigenvalue weighted by atomic mass is 19.1. The number of ether oxygens (including phenoxy) is 1. The van der Waals surface area contributed by atoms with Crippen LogP contribution in [0.4, 0.5) is 14.5 Å². The number of anilines is 1. The van der Waals surface area contributed by atoms with Crippen molar-refractivity contribution >= 4 is 17.4 Å². The lowest BCUT2D eigenvalue weighted by Gasteiger charge is -2.34. The first-order valence-electron chi connectivity index (χ1n) is 11.3. The van der Waals surface area contributed by atoms with E-state index in [9.17, 15) is 24.3 Å². The number of rotatable bonds is 3. The van der Waals surface area contributed by atoms with Crippen molar-refractivity contribution in [2.24, 2.45) is 17.6 Å². The maximum atomic E-state index is 15.6. The van der Waals surface area contributed by atoms with Crippen LogP contribution in [0, 0.1) is 29.0 Å². The number of Topliss-reactive ketones (excluding diaryl/α,β-unsaturated/α-hetero) is 1. The van der Waals surface area contributed by atoms with Gasteiger partial charge in [-0.25, -0.2) is 13.6 Å². The molecule has 33 heavy (non-hydrogen) atoms. The zero-order chi connectivity index (χ0) is 23.5. The zero-order valence-corrected chi connectivity index (χ0v) is 18.0. The van der Waals surface area contributed by atoms with Crippen LogP contribution < -0.4 is 10.6 Å². The monoisotopic (exact) mass is 457 g/mol. The summed E-state index contributed by atoms with van der Waals surface area (Å²) >= 11 is 0.